The summed E-state index contributed by atoms with van der Waals surface area (Å²) in [6, 6.07) is 11.6. The second kappa shape index (κ2) is 5.84. The quantitative estimate of drug-likeness (QED) is 0.858. The van der Waals surface area contributed by atoms with E-state index in [4.69, 9.17) is 0 Å². The zero-order valence-corrected chi connectivity index (χ0v) is 17.3. The first-order valence-corrected chi connectivity index (χ1v) is 11.6. The summed E-state index contributed by atoms with van der Waals surface area (Å²) in [7, 11) is 0. The molecular weight excluding hydrogens is 344 g/mol. The van der Waals surface area contributed by atoms with E-state index in [2.05, 4.69) is 47.5 Å². The highest BCUT2D eigenvalue weighted by molar-refractivity contribution is 5.84. The minimum atomic E-state index is -0.129. The minimum absolute atomic E-state index is 0.129. The van der Waals surface area contributed by atoms with Crippen molar-refractivity contribution in [1.82, 2.24) is 10.2 Å². The molecule has 3 saturated heterocycles. The smallest absolute Gasteiger partial charge is 0.226 e. The van der Waals surface area contributed by atoms with Crippen molar-refractivity contribution >= 4 is 5.91 Å². The second-order valence-corrected chi connectivity index (χ2v) is 11.5. The molecule has 3 aliphatic heterocycles. The molecule has 8 rings (SSSR count). The number of nitrogens with one attached hydrogen (secondary N) is 1. The number of hydrogen-bond acceptors (Lipinski definition) is 2. The van der Waals surface area contributed by atoms with Gasteiger partial charge >= 0.3 is 0 Å². The molecule has 4 saturated carbocycles. The van der Waals surface area contributed by atoms with Crippen LogP contribution in [0, 0.1) is 22.7 Å². The van der Waals surface area contributed by atoms with Gasteiger partial charge in [0.15, 0.2) is 0 Å². The highest BCUT2D eigenvalue weighted by atomic mass is 16.2. The lowest BCUT2D eigenvalue weighted by atomic mass is 9.38. The molecule has 7 fully saturated rings. The number of fused-ring (bicyclic) bond motifs is 3. The van der Waals surface area contributed by atoms with Crippen LogP contribution >= 0.6 is 0 Å². The molecule has 150 valence electrons. The first-order chi connectivity index (χ1) is 13.5. The molecular formula is C25H34N2O. The Balaban J connectivity index is 1.31. The van der Waals surface area contributed by atoms with Gasteiger partial charge in [0.1, 0.15) is 0 Å². The van der Waals surface area contributed by atoms with Crippen LogP contribution in [0.15, 0.2) is 30.3 Å². The number of carbonyl (C=O) groups is 1. The molecule has 3 heterocycles. The van der Waals surface area contributed by atoms with Gasteiger partial charge in [0.2, 0.25) is 5.91 Å². The fourth-order valence-corrected chi connectivity index (χ4v) is 8.74. The maximum Gasteiger partial charge on any atom is 0.226 e. The number of rotatable bonds is 3. The first-order valence-electron chi connectivity index (χ1n) is 11.6. The van der Waals surface area contributed by atoms with E-state index in [1.54, 1.807) is 0 Å². The molecule has 1 amide bonds. The Labute approximate surface area is 169 Å². The molecule has 1 N–H and O–H groups in total. The second-order valence-electron chi connectivity index (χ2n) is 11.5. The van der Waals surface area contributed by atoms with E-state index < -0.39 is 0 Å². The average Bonchev–Trinajstić information content (AvgIpc) is 2.68. The topological polar surface area (TPSA) is 32.3 Å². The molecule has 0 spiro atoms. The summed E-state index contributed by atoms with van der Waals surface area (Å²) in [4.78, 5) is 16.4. The average molecular weight is 379 g/mol. The normalized spacial score (nSPS) is 48.6. The lowest BCUT2D eigenvalue weighted by Crippen LogP contribution is -2.65. The monoisotopic (exact) mass is 378 g/mol. The largest absolute Gasteiger partial charge is 0.351 e. The van der Waals surface area contributed by atoms with Crippen molar-refractivity contribution in [2.75, 3.05) is 19.6 Å². The summed E-state index contributed by atoms with van der Waals surface area (Å²) in [6.45, 7) is 6.03. The fourth-order valence-electron chi connectivity index (χ4n) is 8.74. The van der Waals surface area contributed by atoms with E-state index in [1.165, 1.54) is 50.8 Å². The van der Waals surface area contributed by atoms with E-state index >= 15 is 0 Å². The predicted molar refractivity (Wildman–Crippen MR) is 111 cm³/mol. The molecule has 1 aromatic carbocycles. The van der Waals surface area contributed by atoms with Gasteiger partial charge in [-0.3, -0.25) is 4.79 Å². The van der Waals surface area contributed by atoms with Crippen LogP contribution in [0.2, 0.25) is 0 Å². The number of nitrogens with zero attached hydrogens (tertiary/aromatic N) is 1. The molecule has 6 bridgehead atoms. The van der Waals surface area contributed by atoms with Crippen LogP contribution in [-0.4, -0.2) is 36.5 Å². The molecule has 0 radical (unpaired) electrons. The summed E-state index contributed by atoms with van der Waals surface area (Å²) in [5.41, 5.74) is 1.92. The highest BCUT2D eigenvalue weighted by Gasteiger charge is 2.64. The van der Waals surface area contributed by atoms with Gasteiger partial charge in [0, 0.05) is 12.6 Å². The number of piperidine rings is 3. The van der Waals surface area contributed by atoms with Crippen LogP contribution < -0.4 is 5.32 Å². The van der Waals surface area contributed by atoms with Crippen LogP contribution in [-0.2, 0) is 10.2 Å². The van der Waals surface area contributed by atoms with Crippen molar-refractivity contribution in [3.05, 3.63) is 35.9 Å². The third-order valence-corrected chi connectivity index (χ3v) is 9.19. The van der Waals surface area contributed by atoms with Crippen LogP contribution in [0.5, 0.6) is 0 Å². The van der Waals surface area contributed by atoms with Crippen molar-refractivity contribution in [1.29, 1.82) is 0 Å². The van der Waals surface area contributed by atoms with Gasteiger partial charge < -0.3 is 10.2 Å². The summed E-state index contributed by atoms with van der Waals surface area (Å²) < 4.78 is 0. The summed E-state index contributed by atoms with van der Waals surface area (Å²) in [5.74, 6) is 1.84. The highest BCUT2D eigenvalue weighted by Crippen LogP contribution is 2.70. The van der Waals surface area contributed by atoms with Crippen molar-refractivity contribution < 1.29 is 4.79 Å². The molecule has 5 atom stereocenters. The van der Waals surface area contributed by atoms with E-state index in [0.717, 1.165) is 31.7 Å². The minimum Gasteiger partial charge on any atom is -0.351 e. The lowest BCUT2D eigenvalue weighted by molar-refractivity contribution is -0.161. The van der Waals surface area contributed by atoms with Gasteiger partial charge in [-0.15, -0.1) is 0 Å². The summed E-state index contributed by atoms with van der Waals surface area (Å²) in [5, 5.41) is 3.61. The van der Waals surface area contributed by atoms with Gasteiger partial charge in [-0.2, -0.15) is 0 Å². The Morgan fingerprint density at radius 1 is 1.04 bits per heavy atom. The zero-order chi connectivity index (χ0) is 19.0. The molecule has 1 aromatic rings. The van der Waals surface area contributed by atoms with Gasteiger partial charge in [-0.1, -0.05) is 37.3 Å². The third-order valence-electron chi connectivity index (χ3n) is 9.19. The maximum absolute atomic E-state index is 13.8. The Hall–Kier alpha value is -1.35. The number of hydrogen-bond donors (Lipinski definition) is 1. The third kappa shape index (κ3) is 2.54. The van der Waals surface area contributed by atoms with Crippen LogP contribution in [0.3, 0.4) is 0 Å². The van der Waals surface area contributed by atoms with Gasteiger partial charge in [-0.05, 0) is 92.7 Å². The van der Waals surface area contributed by atoms with Crippen LogP contribution in [0.4, 0.5) is 0 Å². The van der Waals surface area contributed by atoms with Crippen LogP contribution in [0.25, 0.3) is 0 Å². The van der Waals surface area contributed by atoms with Crippen molar-refractivity contribution in [2.45, 2.75) is 69.7 Å². The van der Waals surface area contributed by atoms with Crippen molar-refractivity contribution in [3.8, 4) is 0 Å². The van der Waals surface area contributed by atoms with Gasteiger partial charge in [0.05, 0.1) is 5.41 Å². The first kappa shape index (κ1) is 17.5. The fraction of sp³-hybridized carbons (Fsp3) is 0.720. The molecule has 3 nitrogen and oxygen atoms in total. The van der Waals surface area contributed by atoms with E-state index in [0.29, 0.717) is 23.3 Å². The zero-order valence-electron chi connectivity index (χ0n) is 17.3. The molecule has 7 aliphatic rings. The molecule has 4 aliphatic carbocycles. The maximum atomic E-state index is 13.8. The van der Waals surface area contributed by atoms with E-state index in [9.17, 15) is 4.79 Å². The predicted octanol–water partition coefficient (Wildman–Crippen LogP) is 4.13. The Bertz CT molecular complexity index is 785. The SMILES string of the molecule is CC12CC3CC(C(=O)N[C@H]4CN5CCC4CC5)(C1)CC(c1ccccc1)(C3)C2. The van der Waals surface area contributed by atoms with Gasteiger partial charge in [-0.25, -0.2) is 0 Å². The Morgan fingerprint density at radius 3 is 2.50 bits per heavy atom. The van der Waals surface area contributed by atoms with Crippen molar-refractivity contribution in [3.63, 3.8) is 0 Å². The Morgan fingerprint density at radius 2 is 1.82 bits per heavy atom. The number of amides is 1. The molecule has 3 heteroatoms. The van der Waals surface area contributed by atoms with Gasteiger partial charge in [0.25, 0.3) is 0 Å². The number of benzene rings is 1. The summed E-state index contributed by atoms with van der Waals surface area (Å²) >= 11 is 0. The van der Waals surface area contributed by atoms with Crippen molar-refractivity contribution in [2.24, 2.45) is 22.7 Å². The number of carbonyl (C=O) groups excluding carboxylic acids is 1. The lowest BCUT2D eigenvalue weighted by Gasteiger charge is -2.65. The summed E-state index contributed by atoms with van der Waals surface area (Å²) in [6.07, 6.45) is 9.75. The molecule has 28 heavy (non-hydrogen) atoms. The molecule has 4 unspecified atom stereocenters. The standard InChI is InChI=1S/C25H34N2O/c1-23-11-18-12-24(15-23,20-5-3-2-4-6-20)17-25(13-18,16-23)22(28)26-21-14-27-9-7-19(21)8-10-27/h2-6,18-19,21H,7-17H2,1H3,(H,26,28)/t18?,21-,23?,24?,25?/m0/s1. The molecule has 0 aromatic heterocycles. The van der Waals surface area contributed by atoms with Crippen LogP contribution in [0.1, 0.15) is 63.9 Å². The Kier molecular flexibility index (Phi) is 3.65. The van der Waals surface area contributed by atoms with E-state index in [-0.39, 0.29) is 10.8 Å². The van der Waals surface area contributed by atoms with E-state index in [1.807, 2.05) is 0 Å².